The summed E-state index contributed by atoms with van der Waals surface area (Å²) in [4.78, 5) is 11.3. The van der Waals surface area contributed by atoms with Crippen molar-refractivity contribution in [1.82, 2.24) is 19.3 Å². The molecule has 204 valence electrons. The number of rotatable bonds is 8. The quantitative estimate of drug-likeness (QED) is 0.420. The van der Waals surface area contributed by atoms with Gasteiger partial charge in [-0.05, 0) is 69.4 Å². The van der Waals surface area contributed by atoms with Crippen molar-refractivity contribution in [3.63, 3.8) is 0 Å². The zero-order chi connectivity index (χ0) is 27.2. The number of hydrogen-bond acceptors (Lipinski definition) is 9. The summed E-state index contributed by atoms with van der Waals surface area (Å²) >= 11 is 0. The number of nitrogens with one attached hydrogen (secondary N) is 1. The number of sulfonamides is 1. The Hall–Kier alpha value is -3.56. The fourth-order valence-corrected chi connectivity index (χ4v) is 6.34. The van der Waals surface area contributed by atoms with Crippen molar-refractivity contribution in [1.29, 1.82) is 5.26 Å². The van der Waals surface area contributed by atoms with Crippen LogP contribution < -0.4 is 10.2 Å². The molecule has 1 N–H and O–H groups in total. The molecule has 5 rings (SSSR count). The molecule has 0 spiro atoms. The van der Waals surface area contributed by atoms with Crippen molar-refractivity contribution < 1.29 is 17.9 Å². The molecule has 3 aromatic rings. The number of hydrogen-bond donors (Lipinski definition) is 1. The molecule has 1 aromatic heterocycles. The van der Waals surface area contributed by atoms with Crippen molar-refractivity contribution in [3.8, 4) is 23.1 Å². The Morgan fingerprint density at radius 2 is 1.82 bits per heavy atom. The molecule has 0 unspecified atom stereocenters. The number of anilines is 1. The monoisotopic (exact) mass is 548 g/mol. The van der Waals surface area contributed by atoms with E-state index in [0.717, 1.165) is 25.9 Å². The fourth-order valence-electron chi connectivity index (χ4n) is 4.81. The molecule has 0 amide bonds. The van der Waals surface area contributed by atoms with E-state index in [2.05, 4.69) is 26.4 Å². The van der Waals surface area contributed by atoms with E-state index in [-0.39, 0.29) is 23.0 Å². The first-order valence-corrected chi connectivity index (χ1v) is 14.5. The summed E-state index contributed by atoms with van der Waals surface area (Å²) in [6, 6.07) is 17.4. The predicted octanol–water partition coefficient (Wildman–Crippen LogP) is 3.69. The van der Waals surface area contributed by atoms with E-state index in [0.29, 0.717) is 48.6 Å². The van der Waals surface area contributed by atoms with Crippen LogP contribution in [0.2, 0.25) is 0 Å². The molecule has 11 heteroatoms. The highest BCUT2D eigenvalue weighted by atomic mass is 32.2. The highest BCUT2D eigenvalue weighted by molar-refractivity contribution is 7.89. The van der Waals surface area contributed by atoms with Gasteiger partial charge < -0.3 is 14.4 Å². The SMILES string of the molecule is CN1CCC(N(Nc2nccc(-c3ccc(OC4CCOCC4)c(C#N)c3)n2)S(=O)(=O)c2ccccc2)CC1. The Bertz CT molecular complexity index is 1420. The number of ether oxygens (including phenoxy) is 2. The van der Waals surface area contributed by atoms with E-state index in [4.69, 9.17) is 9.47 Å². The third-order valence-corrected chi connectivity index (χ3v) is 8.82. The molecule has 0 aliphatic carbocycles. The lowest BCUT2D eigenvalue weighted by molar-refractivity contribution is 0.0254. The van der Waals surface area contributed by atoms with Gasteiger partial charge in [-0.2, -0.15) is 5.26 Å². The van der Waals surface area contributed by atoms with Crippen LogP contribution in [0, 0.1) is 11.3 Å². The van der Waals surface area contributed by atoms with Crippen molar-refractivity contribution in [3.05, 3.63) is 66.4 Å². The van der Waals surface area contributed by atoms with Crippen molar-refractivity contribution in [2.24, 2.45) is 0 Å². The van der Waals surface area contributed by atoms with Crippen molar-refractivity contribution in [2.45, 2.75) is 42.7 Å². The van der Waals surface area contributed by atoms with Gasteiger partial charge in [0.2, 0.25) is 5.95 Å². The Labute approximate surface area is 229 Å². The minimum Gasteiger partial charge on any atom is -0.489 e. The Morgan fingerprint density at radius 1 is 1.08 bits per heavy atom. The number of piperidine rings is 1. The number of likely N-dealkylation sites (tertiary alicyclic amines) is 1. The Balaban J connectivity index is 1.41. The maximum atomic E-state index is 13.7. The maximum absolute atomic E-state index is 13.7. The smallest absolute Gasteiger partial charge is 0.260 e. The van der Waals surface area contributed by atoms with Crippen LogP contribution in [0.1, 0.15) is 31.2 Å². The zero-order valence-corrected chi connectivity index (χ0v) is 22.7. The summed E-state index contributed by atoms with van der Waals surface area (Å²) in [5.74, 6) is 0.690. The van der Waals surface area contributed by atoms with E-state index >= 15 is 0 Å². The van der Waals surface area contributed by atoms with Gasteiger partial charge >= 0.3 is 0 Å². The molecular weight excluding hydrogens is 516 g/mol. The summed E-state index contributed by atoms with van der Waals surface area (Å²) in [6.07, 6.45) is 4.51. The minimum atomic E-state index is -3.87. The fraction of sp³-hybridized carbons (Fsp3) is 0.393. The number of hydrazine groups is 1. The zero-order valence-electron chi connectivity index (χ0n) is 21.9. The molecule has 2 saturated heterocycles. The summed E-state index contributed by atoms with van der Waals surface area (Å²) in [7, 11) is -1.84. The second-order valence-electron chi connectivity index (χ2n) is 9.78. The number of nitriles is 1. The van der Waals surface area contributed by atoms with E-state index in [1.807, 2.05) is 13.1 Å². The number of benzene rings is 2. The van der Waals surface area contributed by atoms with Crippen LogP contribution in [0.15, 0.2) is 65.7 Å². The van der Waals surface area contributed by atoms with Gasteiger partial charge in [0.05, 0.1) is 29.4 Å². The third kappa shape index (κ3) is 6.37. The highest BCUT2D eigenvalue weighted by Gasteiger charge is 2.34. The highest BCUT2D eigenvalue weighted by Crippen LogP contribution is 2.29. The van der Waals surface area contributed by atoms with Gasteiger partial charge in [-0.15, -0.1) is 4.41 Å². The molecule has 2 aromatic carbocycles. The summed E-state index contributed by atoms with van der Waals surface area (Å²) in [6.45, 7) is 2.87. The van der Waals surface area contributed by atoms with E-state index in [9.17, 15) is 13.7 Å². The van der Waals surface area contributed by atoms with E-state index in [1.54, 1.807) is 54.7 Å². The average Bonchev–Trinajstić information content (AvgIpc) is 2.98. The lowest BCUT2D eigenvalue weighted by atomic mass is 10.1. The largest absolute Gasteiger partial charge is 0.489 e. The van der Waals surface area contributed by atoms with Gasteiger partial charge in [0, 0.05) is 30.6 Å². The maximum Gasteiger partial charge on any atom is 0.260 e. The molecule has 2 aliphatic rings. The van der Waals surface area contributed by atoms with Crippen LogP contribution in [0.25, 0.3) is 11.3 Å². The molecular formula is C28H32N6O4S. The van der Waals surface area contributed by atoms with Crippen molar-refractivity contribution in [2.75, 3.05) is 38.8 Å². The van der Waals surface area contributed by atoms with Gasteiger partial charge in [-0.25, -0.2) is 18.4 Å². The van der Waals surface area contributed by atoms with E-state index < -0.39 is 10.0 Å². The van der Waals surface area contributed by atoms with Gasteiger partial charge in [-0.1, -0.05) is 18.2 Å². The van der Waals surface area contributed by atoms with Gasteiger partial charge in [-0.3, -0.25) is 5.43 Å². The van der Waals surface area contributed by atoms with Crippen molar-refractivity contribution >= 4 is 16.0 Å². The van der Waals surface area contributed by atoms with Gasteiger partial charge in [0.1, 0.15) is 17.9 Å². The lowest BCUT2D eigenvalue weighted by Gasteiger charge is -2.36. The number of nitrogens with zero attached hydrogens (tertiary/aromatic N) is 5. The second-order valence-corrected chi connectivity index (χ2v) is 11.6. The summed E-state index contributed by atoms with van der Waals surface area (Å²) < 4.78 is 40.2. The first-order chi connectivity index (χ1) is 18.9. The topological polar surface area (TPSA) is 121 Å². The standard InChI is InChI=1S/C28H32N6O4S/c1-33-15-10-23(11-16-33)34(39(35,36)25-5-3-2-4-6-25)32-28-30-14-9-26(31-28)21-7-8-27(22(19-21)20-29)38-24-12-17-37-18-13-24/h2-9,14,19,23-24H,10-13,15-18H2,1H3,(H,30,31,32). The van der Waals surface area contributed by atoms with Gasteiger partial charge in [0.15, 0.2) is 0 Å². The molecule has 3 heterocycles. The van der Waals surface area contributed by atoms with E-state index in [1.165, 1.54) is 4.41 Å². The predicted molar refractivity (Wildman–Crippen MR) is 146 cm³/mol. The molecule has 0 bridgehead atoms. The molecule has 0 atom stereocenters. The first kappa shape index (κ1) is 27.0. The molecule has 2 aliphatic heterocycles. The Morgan fingerprint density at radius 3 is 2.54 bits per heavy atom. The van der Waals surface area contributed by atoms with Crippen LogP contribution in [-0.2, 0) is 14.8 Å². The van der Waals surface area contributed by atoms with Crippen LogP contribution in [-0.4, -0.2) is 73.2 Å². The molecule has 39 heavy (non-hydrogen) atoms. The molecule has 0 radical (unpaired) electrons. The summed E-state index contributed by atoms with van der Waals surface area (Å²) in [5, 5.41) is 9.78. The molecule has 0 saturated carbocycles. The van der Waals surface area contributed by atoms with Crippen LogP contribution in [0.4, 0.5) is 5.95 Å². The third-order valence-electron chi connectivity index (χ3n) is 7.04. The van der Waals surface area contributed by atoms with Crippen LogP contribution >= 0.6 is 0 Å². The summed E-state index contributed by atoms with van der Waals surface area (Å²) in [5.41, 5.74) is 4.68. The molecule has 10 nitrogen and oxygen atoms in total. The normalized spacial score (nSPS) is 17.6. The average molecular weight is 549 g/mol. The Kier molecular flexibility index (Phi) is 8.38. The van der Waals surface area contributed by atoms with Crippen LogP contribution in [0.3, 0.4) is 0 Å². The second kappa shape index (κ2) is 12.1. The first-order valence-electron chi connectivity index (χ1n) is 13.1. The minimum absolute atomic E-state index is 0.0173. The molecule has 2 fully saturated rings. The lowest BCUT2D eigenvalue weighted by Crippen LogP contribution is -2.49. The number of aromatic nitrogens is 2. The van der Waals surface area contributed by atoms with Crippen LogP contribution in [0.5, 0.6) is 5.75 Å². The van der Waals surface area contributed by atoms with Gasteiger partial charge in [0.25, 0.3) is 10.0 Å².